The highest BCUT2D eigenvalue weighted by molar-refractivity contribution is 8.93. The number of benzene rings is 2. The van der Waals surface area contributed by atoms with Crippen molar-refractivity contribution in [1.82, 2.24) is 5.43 Å². The Morgan fingerprint density at radius 2 is 1.84 bits per heavy atom. The van der Waals surface area contributed by atoms with E-state index in [9.17, 15) is 19.7 Å². The molecule has 0 fully saturated rings. The molecule has 0 saturated carbocycles. The number of nitrogens with zero attached hydrogens (tertiary/aromatic N) is 3. The van der Waals surface area contributed by atoms with Crippen molar-refractivity contribution in [2.24, 2.45) is 5.10 Å². The second-order valence-corrected chi connectivity index (χ2v) is 6.26. The second-order valence-electron chi connectivity index (χ2n) is 6.26. The first-order chi connectivity index (χ1) is 14.5. The average Bonchev–Trinajstić information content (AvgIpc) is 2.74. The van der Waals surface area contributed by atoms with Crippen LogP contribution >= 0.6 is 17.0 Å². The maximum absolute atomic E-state index is 12.7. The second kappa shape index (κ2) is 10.9. The largest absolute Gasteiger partial charge is 0.461 e. The number of carbonyl (C=O) groups excluding carboxylic acids is 2. The number of esters is 1. The zero-order valence-corrected chi connectivity index (χ0v) is 18.2. The summed E-state index contributed by atoms with van der Waals surface area (Å²) < 4.78 is 6.52. The van der Waals surface area contributed by atoms with Gasteiger partial charge in [-0.05, 0) is 36.1 Å². The Balaban J connectivity index is 0.00000341. The summed E-state index contributed by atoms with van der Waals surface area (Å²) in [7, 11) is 0. The Morgan fingerprint density at radius 3 is 2.48 bits per heavy atom. The van der Waals surface area contributed by atoms with E-state index in [1.165, 1.54) is 35.0 Å². The lowest BCUT2D eigenvalue weighted by molar-refractivity contribution is -0.696. The molecule has 1 heterocycles. The van der Waals surface area contributed by atoms with Gasteiger partial charge in [0.1, 0.15) is 0 Å². The molecule has 31 heavy (non-hydrogen) atoms. The van der Waals surface area contributed by atoms with E-state index in [0.29, 0.717) is 5.56 Å². The van der Waals surface area contributed by atoms with Crippen molar-refractivity contribution in [2.45, 2.75) is 13.0 Å². The molecule has 3 rings (SSSR count). The zero-order valence-electron chi connectivity index (χ0n) is 16.5. The summed E-state index contributed by atoms with van der Waals surface area (Å²) in [4.78, 5) is 35.3. The smallest absolute Gasteiger partial charge is 0.386 e. The summed E-state index contributed by atoms with van der Waals surface area (Å²) in [6.45, 7) is 1.79. The molecule has 1 unspecified atom stereocenters. The minimum Gasteiger partial charge on any atom is -0.461 e. The average molecular weight is 488 g/mol. The third kappa shape index (κ3) is 5.92. The van der Waals surface area contributed by atoms with Gasteiger partial charge in [-0.3, -0.25) is 14.9 Å². The number of hydrazone groups is 1. The Morgan fingerprint density at radius 1 is 1.16 bits per heavy atom. The van der Waals surface area contributed by atoms with Crippen LogP contribution in [0.5, 0.6) is 0 Å². The van der Waals surface area contributed by atoms with Gasteiger partial charge in [-0.15, -0.1) is 17.0 Å². The van der Waals surface area contributed by atoms with Crippen molar-refractivity contribution < 1.29 is 23.8 Å². The van der Waals surface area contributed by atoms with Gasteiger partial charge in [-0.2, -0.15) is 9.67 Å². The summed E-state index contributed by atoms with van der Waals surface area (Å²) in [6.07, 6.45) is 4.65. The molecule has 0 saturated heterocycles. The number of amides is 1. The number of carbonyl (C=O) groups is 2. The van der Waals surface area contributed by atoms with Gasteiger partial charge in [0.05, 0.1) is 17.7 Å². The third-order valence-electron chi connectivity index (χ3n) is 4.26. The first kappa shape index (κ1) is 23.6. The SMILES string of the molecule is Br.CCOC(=O)C(C(=O)N/N=C/c1ccc([N+](=O)[O-])cc1)[n+]1ccc2ccccc2c1. The number of hydrogen-bond acceptors (Lipinski definition) is 6. The molecule has 0 aliphatic rings. The van der Waals surface area contributed by atoms with Crippen molar-refractivity contribution in [3.8, 4) is 0 Å². The quantitative estimate of drug-likeness (QED) is 0.137. The number of pyridine rings is 1. The Kier molecular flexibility index (Phi) is 8.33. The lowest BCUT2D eigenvalue weighted by Gasteiger charge is -2.10. The van der Waals surface area contributed by atoms with Crippen LogP contribution < -0.4 is 9.99 Å². The molecule has 2 aromatic carbocycles. The molecule has 0 spiro atoms. The van der Waals surface area contributed by atoms with Crippen molar-refractivity contribution in [2.75, 3.05) is 6.61 Å². The molecule has 0 aliphatic carbocycles. The fourth-order valence-electron chi connectivity index (χ4n) is 2.81. The van der Waals surface area contributed by atoms with Gasteiger partial charge in [-0.1, -0.05) is 18.2 Å². The number of rotatable bonds is 7. The first-order valence-corrected chi connectivity index (χ1v) is 9.13. The van der Waals surface area contributed by atoms with E-state index in [1.54, 1.807) is 25.4 Å². The third-order valence-corrected chi connectivity index (χ3v) is 4.26. The predicted molar refractivity (Wildman–Crippen MR) is 119 cm³/mol. The molecular formula is C21H20BrN4O5+. The molecule has 1 N–H and O–H groups in total. The van der Waals surface area contributed by atoms with Crippen LogP contribution in [0.25, 0.3) is 10.8 Å². The molecule has 1 aromatic heterocycles. The summed E-state index contributed by atoms with van der Waals surface area (Å²) in [6, 6.07) is 13.7. The highest BCUT2D eigenvalue weighted by Gasteiger charge is 2.37. The van der Waals surface area contributed by atoms with Gasteiger partial charge >= 0.3 is 17.9 Å². The Labute approximate surface area is 188 Å². The summed E-state index contributed by atoms with van der Waals surface area (Å²) >= 11 is 0. The van der Waals surface area contributed by atoms with Gasteiger partial charge in [0, 0.05) is 23.6 Å². The van der Waals surface area contributed by atoms with E-state index in [4.69, 9.17) is 4.74 Å². The standard InChI is InChI=1S/C21H18N4O5.BrH/c1-2-30-21(27)19(24-12-11-16-5-3-4-6-17(16)14-24)20(26)23-22-13-15-7-9-18(10-8-15)25(28)29;/h3-14,19H,2H2,1H3;1H/p+1/b22-13+;. The maximum atomic E-state index is 12.7. The van der Waals surface area contributed by atoms with Gasteiger partial charge < -0.3 is 4.74 Å². The van der Waals surface area contributed by atoms with Crippen molar-refractivity contribution in [3.63, 3.8) is 0 Å². The zero-order chi connectivity index (χ0) is 21.5. The summed E-state index contributed by atoms with van der Waals surface area (Å²) in [5.41, 5.74) is 2.83. The lowest BCUT2D eigenvalue weighted by atomic mass is 10.1. The van der Waals surface area contributed by atoms with Crippen LogP contribution in [0.1, 0.15) is 18.5 Å². The number of ether oxygens (including phenoxy) is 1. The topological polar surface area (TPSA) is 115 Å². The minimum absolute atomic E-state index is 0. The molecule has 0 radical (unpaired) electrons. The highest BCUT2D eigenvalue weighted by Crippen LogP contribution is 2.12. The number of fused-ring (bicyclic) bond motifs is 1. The fourth-order valence-corrected chi connectivity index (χ4v) is 2.81. The van der Waals surface area contributed by atoms with E-state index < -0.39 is 22.8 Å². The molecule has 1 amide bonds. The number of hydrogen-bond donors (Lipinski definition) is 1. The van der Waals surface area contributed by atoms with E-state index in [2.05, 4.69) is 10.5 Å². The van der Waals surface area contributed by atoms with Gasteiger partial charge in [0.15, 0.2) is 12.4 Å². The van der Waals surface area contributed by atoms with Crippen LogP contribution in [-0.2, 0) is 14.3 Å². The van der Waals surface area contributed by atoms with Crippen LogP contribution in [0, 0.1) is 10.1 Å². The van der Waals surface area contributed by atoms with E-state index >= 15 is 0 Å². The van der Waals surface area contributed by atoms with Crippen molar-refractivity contribution in [1.29, 1.82) is 0 Å². The number of nitrogens with one attached hydrogen (secondary N) is 1. The van der Waals surface area contributed by atoms with Crippen LogP contribution in [0.15, 0.2) is 72.1 Å². The van der Waals surface area contributed by atoms with Crippen LogP contribution in [-0.4, -0.2) is 29.6 Å². The maximum Gasteiger partial charge on any atom is 0.386 e. The molecular weight excluding hydrogens is 468 g/mol. The summed E-state index contributed by atoms with van der Waals surface area (Å²) in [5, 5.41) is 16.4. The summed E-state index contributed by atoms with van der Waals surface area (Å²) in [5.74, 6) is -1.38. The van der Waals surface area contributed by atoms with Gasteiger partial charge in [0.2, 0.25) is 0 Å². The minimum atomic E-state index is -1.26. The van der Waals surface area contributed by atoms with Crippen LogP contribution in [0.2, 0.25) is 0 Å². The lowest BCUT2D eigenvalue weighted by Crippen LogP contribution is -2.51. The normalized spacial score (nSPS) is 11.5. The van der Waals surface area contributed by atoms with Crippen LogP contribution in [0.4, 0.5) is 5.69 Å². The molecule has 0 aliphatic heterocycles. The van der Waals surface area contributed by atoms with Gasteiger partial charge in [-0.25, -0.2) is 10.2 Å². The molecule has 160 valence electrons. The first-order valence-electron chi connectivity index (χ1n) is 9.13. The molecule has 10 heteroatoms. The van der Waals surface area contributed by atoms with E-state index in [0.717, 1.165) is 10.8 Å². The molecule has 0 bridgehead atoms. The molecule has 1 atom stereocenters. The Bertz CT molecular complexity index is 1120. The van der Waals surface area contributed by atoms with Crippen molar-refractivity contribution >= 4 is 51.5 Å². The number of halogens is 1. The molecule has 9 nitrogen and oxygen atoms in total. The monoisotopic (exact) mass is 487 g/mol. The van der Waals surface area contributed by atoms with Gasteiger partial charge in [0.25, 0.3) is 5.69 Å². The Hall–Kier alpha value is -3.66. The van der Waals surface area contributed by atoms with Crippen molar-refractivity contribution in [3.05, 3.63) is 82.7 Å². The fraction of sp³-hybridized carbons (Fsp3) is 0.143. The number of non-ortho nitro benzene ring substituents is 1. The van der Waals surface area contributed by atoms with Crippen LogP contribution in [0.3, 0.4) is 0 Å². The number of nitro groups is 1. The highest BCUT2D eigenvalue weighted by atomic mass is 79.9. The van der Waals surface area contributed by atoms with E-state index in [1.807, 2.05) is 24.3 Å². The predicted octanol–water partition coefficient (Wildman–Crippen LogP) is 2.87. The molecule has 3 aromatic rings. The number of nitro benzene ring substituents is 1. The van der Waals surface area contributed by atoms with E-state index in [-0.39, 0.29) is 29.3 Å². The number of aromatic nitrogens is 1.